The Kier molecular flexibility index (Phi) is 6.45. The van der Waals surface area contributed by atoms with Crippen molar-refractivity contribution in [2.75, 3.05) is 0 Å². The third-order valence-corrected chi connectivity index (χ3v) is 13.3. The van der Waals surface area contributed by atoms with Gasteiger partial charge in [0, 0.05) is 6.20 Å². The Morgan fingerprint density at radius 1 is 0.538 bits per heavy atom. The third kappa shape index (κ3) is 4.40. The number of hydrogen-bond donors (Lipinski definition) is 0. The van der Waals surface area contributed by atoms with Gasteiger partial charge in [0.1, 0.15) is 0 Å². The van der Waals surface area contributed by atoms with Crippen molar-refractivity contribution in [1.29, 1.82) is 0 Å². The molecule has 0 N–H and O–H groups in total. The van der Waals surface area contributed by atoms with E-state index in [4.69, 9.17) is 9.72 Å². The van der Waals surface area contributed by atoms with Gasteiger partial charge in [-0.1, -0.05) is 18.2 Å². The van der Waals surface area contributed by atoms with Gasteiger partial charge in [-0.15, -0.1) is 0 Å². The Hall–Kier alpha value is -6.26. The van der Waals surface area contributed by atoms with Gasteiger partial charge in [-0.05, 0) is 6.07 Å². The second-order valence-electron chi connectivity index (χ2n) is 13.4. The van der Waals surface area contributed by atoms with Gasteiger partial charge >= 0.3 is 277 Å². The maximum absolute atomic E-state index is 6.59. The number of fused-ring (bicyclic) bond motifs is 7. The number of ether oxygens (including phenoxy) is 1. The molecule has 6 aromatic carbocycles. The van der Waals surface area contributed by atoms with Crippen LogP contribution in [0.15, 0.2) is 158 Å². The monoisotopic (exact) mass is 731 g/mol. The van der Waals surface area contributed by atoms with E-state index < -0.39 is 0 Å². The summed E-state index contributed by atoms with van der Waals surface area (Å²) in [5.74, 6) is 2.43. The number of aryl methyl sites for hydroxylation is 1. The summed E-state index contributed by atoms with van der Waals surface area (Å²) in [6.45, 7) is 2.27. The summed E-state index contributed by atoms with van der Waals surface area (Å²) in [5, 5.41) is 6.32. The van der Waals surface area contributed by atoms with Crippen LogP contribution < -0.4 is 4.74 Å². The molecule has 52 heavy (non-hydrogen) atoms. The Morgan fingerprint density at radius 3 is 2.23 bits per heavy atom. The van der Waals surface area contributed by atoms with Crippen molar-refractivity contribution in [3.05, 3.63) is 164 Å². The molecule has 10 aromatic rings. The first-order chi connectivity index (χ1) is 25.7. The summed E-state index contributed by atoms with van der Waals surface area (Å²) in [5.41, 5.74) is 12.2. The number of aromatic nitrogens is 3. The van der Waals surface area contributed by atoms with Gasteiger partial charge in [0.15, 0.2) is 0 Å². The molecular weight excluding hydrogens is 701 g/mol. The summed E-state index contributed by atoms with van der Waals surface area (Å²) in [7, 11) is 0. The number of rotatable bonds is 5. The SMILES string of the molecule is Cc1c(-c2ccc3c(c2)-c2cccc4cccc-3c24)[se]c2c(-c3cccc(Oc4ccc5c6ccccc6n(-c6ccccn6)c5c4)c3)nccc12. The van der Waals surface area contributed by atoms with E-state index in [0.29, 0.717) is 0 Å². The molecule has 5 heteroatoms. The molecule has 1 aliphatic rings. The van der Waals surface area contributed by atoms with Crippen molar-refractivity contribution >= 4 is 56.7 Å². The molecule has 0 fully saturated rings. The molecule has 244 valence electrons. The molecule has 0 amide bonds. The zero-order valence-electron chi connectivity index (χ0n) is 28.2. The van der Waals surface area contributed by atoms with Crippen molar-refractivity contribution in [2.45, 2.75) is 6.92 Å². The number of benzene rings is 6. The normalized spacial score (nSPS) is 11.9. The predicted octanol–water partition coefficient (Wildman–Crippen LogP) is 12.0. The van der Waals surface area contributed by atoms with Crippen molar-refractivity contribution in [1.82, 2.24) is 14.5 Å². The molecule has 0 saturated carbocycles. The van der Waals surface area contributed by atoms with Crippen LogP contribution in [0.2, 0.25) is 0 Å². The van der Waals surface area contributed by atoms with Gasteiger partial charge in [-0.3, -0.25) is 0 Å². The summed E-state index contributed by atoms with van der Waals surface area (Å²) in [4.78, 5) is 9.66. The molecule has 0 unspecified atom stereocenters. The van der Waals surface area contributed by atoms with Crippen molar-refractivity contribution < 1.29 is 4.74 Å². The van der Waals surface area contributed by atoms with Gasteiger partial charge in [0.2, 0.25) is 0 Å². The van der Waals surface area contributed by atoms with E-state index in [1.807, 2.05) is 36.7 Å². The Balaban J connectivity index is 0.972. The number of nitrogens with zero attached hydrogens (tertiary/aromatic N) is 3. The molecule has 0 atom stereocenters. The average molecular weight is 731 g/mol. The molecule has 4 nitrogen and oxygen atoms in total. The van der Waals surface area contributed by atoms with E-state index in [1.165, 1.54) is 63.6 Å². The van der Waals surface area contributed by atoms with Crippen LogP contribution in [0.1, 0.15) is 5.56 Å². The van der Waals surface area contributed by atoms with Gasteiger partial charge in [-0.2, -0.15) is 0 Å². The summed E-state index contributed by atoms with van der Waals surface area (Å²) < 4.78 is 11.5. The molecule has 1 aliphatic carbocycles. The summed E-state index contributed by atoms with van der Waals surface area (Å²) in [6, 6.07) is 51.7. The maximum atomic E-state index is 6.59. The fourth-order valence-electron chi connectivity index (χ4n) is 8.15. The first kappa shape index (κ1) is 29.5. The third-order valence-electron chi connectivity index (χ3n) is 10.5. The second kappa shape index (κ2) is 11.4. The average Bonchev–Trinajstić information content (AvgIpc) is 3.83. The zero-order chi connectivity index (χ0) is 34.3. The van der Waals surface area contributed by atoms with Crippen LogP contribution in [-0.2, 0) is 0 Å². The van der Waals surface area contributed by atoms with E-state index in [-0.39, 0.29) is 14.5 Å². The van der Waals surface area contributed by atoms with Gasteiger partial charge < -0.3 is 0 Å². The van der Waals surface area contributed by atoms with Gasteiger partial charge in [0.25, 0.3) is 0 Å². The van der Waals surface area contributed by atoms with Crippen molar-refractivity contribution in [3.8, 4) is 60.8 Å². The molecular formula is C47H29N3OSe. The van der Waals surface area contributed by atoms with E-state index in [0.717, 1.165) is 45.0 Å². The molecule has 0 aliphatic heterocycles. The Labute approximate surface area is 306 Å². The fourth-order valence-corrected chi connectivity index (χ4v) is 10.9. The topological polar surface area (TPSA) is 39.9 Å². The molecule has 0 bridgehead atoms. The van der Waals surface area contributed by atoms with Crippen LogP contribution in [0.4, 0.5) is 0 Å². The molecule has 4 heterocycles. The van der Waals surface area contributed by atoms with E-state index >= 15 is 0 Å². The minimum atomic E-state index is 0.0928. The van der Waals surface area contributed by atoms with Crippen LogP contribution in [-0.4, -0.2) is 29.0 Å². The fraction of sp³-hybridized carbons (Fsp3) is 0.0213. The van der Waals surface area contributed by atoms with Crippen molar-refractivity contribution in [3.63, 3.8) is 0 Å². The van der Waals surface area contributed by atoms with E-state index in [1.54, 1.807) is 0 Å². The second-order valence-corrected chi connectivity index (χ2v) is 15.6. The van der Waals surface area contributed by atoms with Crippen LogP contribution in [0, 0.1) is 6.92 Å². The predicted molar refractivity (Wildman–Crippen MR) is 215 cm³/mol. The molecule has 0 spiro atoms. The van der Waals surface area contributed by atoms with Crippen molar-refractivity contribution in [2.24, 2.45) is 0 Å². The van der Waals surface area contributed by atoms with Crippen LogP contribution in [0.25, 0.3) is 91.6 Å². The molecule has 0 radical (unpaired) electrons. The standard InChI is InChI=1S/C47H29N3OSe/c1-28-34-22-24-49-45(47(34)52-46(28)31-18-20-35-38-14-7-9-29-10-8-15-39(44(29)38)40(35)26-31)30-11-6-12-32(25-30)51-33-19-21-37-36-13-2-3-16-41(36)50(42(37)27-33)43-17-4-5-23-48-43/h2-27H,1H3. The first-order valence-electron chi connectivity index (χ1n) is 17.5. The van der Waals surface area contributed by atoms with Crippen LogP contribution >= 0.6 is 0 Å². The molecule has 11 rings (SSSR count). The Morgan fingerprint density at radius 2 is 1.35 bits per heavy atom. The number of para-hydroxylation sites is 1. The van der Waals surface area contributed by atoms with Gasteiger partial charge in [0.05, 0.1) is 0 Å². The minimum absolute atomic E-state index is 0.0928. The van der Waals surface area contributed by atoms with E-state index in [9.17, 15) is 0 Å². The van der Waals surface area contributed by atoms with Crippen LogP contribution in [0.5, 0.6) is 11.5 Å². The molecule has 0 saturated heterocycles. The summed E-state index contributed by atoms with van der Waals surface area (Å²) in [6.07, 6.45) is 3.79. The molecule has 4 aromatic heterocycles. The number of pyridine rings is 2. The first-order valence-corrected chi connectivity index (χ1v) is 19.2. The Bertz CT molecular complexity index is 3060. The number of hydrogen-bond acceptors (Lipinski definition) is 3. The van der Waals surface area contributed by atoms with Gasteiger partial charge in [-0.25, -0.2) is 0 Å². The van der Waals surface area contributed by atoms with E-state index in [2.05, 4.69) is 138 Å². The zero-order valence-corrected chi connectivity index (χ0v) is 29.9. The van der Waals surface area contributed by atoms with Crippen LogP contribution in [0.3, 0.4) is 0 Å². The summed E-state index contributed by atoms with van der Waals surface area (Å²) >= 11 is 0.0928. The quantitative estimate of drug-likeness (QED) is 0.166.